The molecule has 2 aromatic carbocycles. The van der Waals surface area contributed by atoms with Gasteiger partial charge >= 0.3 is 0 Å². The van der Waals surface area contributed by atoms with E-state index in [1.165, 1.54) is 4.68 Å². The lowest BCUT2D eigenvalue weighted by Crippen LogP contribution is -2.31. The number of nitrogens with zero attached hydrogens (tertiary/aromatic N) is 2. The fourth-order valence-corrected chi connectivity index (χ4v) is 3.26. The normalized spacial score (nSPS) is 24.9. The molecule has 1 fully saturated rings. The van der Waals surface area contributed by atoms with Gasteiger partial charge in [0.15, 0.2) is 6.23 Å². The van der Waals surface area contributed by atoms with Crippen LogP contribution in [0.5, 0.6) is 0 Å². The Bertz CT molecular complexity index is 914. The molecule has 0 radical (unpaired) electrons. The summed E-state index contributed by atoms with van der Waals surface area (Å²) in [5.41, 5.74) is 9.39. The maximum atomic E-state index is 10.4. The van der Waals surface area contributed by atoms with Gasteiger partial charge in [-0.3, -0.25) is 0 Å². The van der Waals surface area contributed by atoms with Crippen molar-refractivity contribution in [3.05, 3.63) is 60.7 Å². The zero-order valence-corrected chi connectivity index (χ0v) is 14.9. The van der Waals surface area contributed by atoms with Crippen molar-refractivity contribution in [2.45, 2.75) is 31.5 Å². The topological polar surface area (TPSA) is 106 Å². The quantitative estimate of drug-likeness (QED) is 0.565. The van der Waals surface area contributed by atoms with E-state index in [9.17, 15) is 10.2 Å². The molecule has 0 aliphatic carbocycles. The Morgan fingerprint density at radius 3 is 2.22 bits per heavy atom. The lowest BCUT2D eigenvalue weighted by Gasteiger charge is -2.16. The first-order valence-corrected chi connectivity index (χ1v) is 8.83. The summed E-state index contributed by atoms with van der Waals surface area (Å²) in [4.78, 5) is 0. The van der Waals surface area contributed by atoms with Gasteiger partial charge in [-0.1, -0.05) is 48.5 Å². The smallest absolute Gasteiger partial charge is 0.181 e. The molecule has 5 N–H and O–H groups in total. The van der Waals surface area contributed by atoms with Gasteiger partial charge in [0.1, 0.15) is 29.4 Å². The average molecular weight is 366 g/mol. The molecular weight excluding hydrogens is 344 g/mol. The van der Waals surface area contributed by atoms with Crippen molar-refractivity contribution in [3.8, 4) is 11.3 Å². The number of hydrogen-bond donors (Lipinski definition) is 4. The molecule has 1 aliphatic heterocycles. The molecule has 27 heavy (non-hydrogen) atoms. The highest BCUT2D eigenvalue weighted by molar-refractivity contribution is 5.85. The summed E-state index contributed by atoms with van der Waals surface area (Å²) >= 11 is 0. The molecule has 1 aromatic heterocycles. The van der Waals surface area contributed by atoms with Gasteiger partial charge in [-0.25, -0.2) is 4.68 Å². The van der Waals surface area contributed by atoms with Gasteiger partial charge in [-0.05, 0) is 19.1 Å². The van der Waals surface area contributed by atoms with E-state index in [-0.39, 0.29) is 0 Å². The molecule has 3 aromatic rings. The minimum atomic E-state index is -1.12. The molecular formula is C20H22N4O3. The summed E-state index contributed by atoms with van der Waals surface area (Å²) in [5.74, 6) is 0.322. The molecule has 4 rings (SSSR count). The van der Waals surface area contributed by atoms with E-state index in [0.29, 0.717) is 17.2 Å². The fourth-order valence-electron chi connectivity index (χ4n) is 3.26. The molecule has 0 saturated carbocycles. The highest BCUT2D eigenvalue weighted by Crippen LogP contribution is 2.39. The number of ether oxygens (including phenoxy) is 1. The molecule has 0 bridgehead atoms. The number of para-hydroxylation sites is 1. The van der Waals surface area contributed by atoms with Crippen LogP contribution in [0.2, 0.25) is 0 Å². The highest BCUT2D eigenvalue weighted by Gasteiger charge is 2.43. The van der Waals surface area contributed by atoms with E-state index in [4.69, 9.17) is 10.5 Å². The number of benzene rings is 2. The molecule has 0 unspecified atom stereocenters. The number of aromatic nitrogens is 2. The Kier molecular flexibility index (Phi) is 4.57. The van der Waals surface area contributed by atoms with Crippen LogP contribution in [0.1, 0.15) is 13.2 Å². The van der Waals surface area contributed by atoms with E-state index in [0.717, 1.165) is 11.3 Å². The van der Waals surface area contributed by atoms with E-state index in [1.807, 2.05) is 60.7 Å². The summed E-state index contributed by atoms with van der Waals surface area (Å²) in [6.07, 6.45) is -3.48. The number of hydrogen-bond acceptors (Lipinski definition) is 6. The zero-order chi connectivity index (χ0) is 19.0. The SMILES string of the molecule is C[C@@H]1O[C@@H](n2nc(-c3ccccc3)c(Nc3ccccc3)c2N)[C@H](O)[C@@H]1O. The van der Waals surface area contributed by atoms with Crippen LogP contribution in [0.3, 0.4) is 0 Å². The molecule has 2 heterocycles. The molecule has 140 valence electrons. The minimum Gasteiger partial charge on any atom is -0.388 e. The number of aliphatic hydroxyl groups is 2. The first-order chi connectivity index (χ1) is 13.1. The lowest BCUT2D eigenvalue weighted by molar-refractivity contribution is -0.0380. The Morgan fingerprint density at radius 2 is 1.63 bits per heavy atom. The van der Waals surface area contributed by atoms with Crippen molar-refractivity contribution >= 4 is 17.2 Å². The number of nitrogens with two attached hydrogens (primary N) is 1. The molecule has 0 spiro atoms. The third kappa shape index (κ3) is 3.16. The standard InChI is InChI=1S/C20H22N4O3/c1-12-17(25)18(26)20(27-12)24-19(21)16(22-14-10-6-3-7-11-14)15(23-24)13-8-4-2-5-9-13/h2-12,17-18,20,22,25-26H,21H2,1H3/t12-,17+,18+,20+/m0/s1. The maximum absolute atomic E-state index is 10.4. The predicted octanol–water partition coefficient (Wildman–Crippen LogP) is 2.51. The summed E-state index contributed by atoms with van der Waals surface area (Å²) < 4.78 is 7.14. The fraction of sp³-hybridized carbons (Fsp3) is 0.250. The van der Waals surface area contributed by atoms with Gasteiger partial charge in [-0.2, -0.15) is 5.10 Å². The van der Waals surface area contributed by atoms with Crippen LogP contribution in [-0.2, 0) is 4.74 Å². The summed E-state index contributed by atoms with van der Waals surface area (Å²) in [6, 6.07) is 19.3. The van der Waals surface area contributed by atoms with E-state index in [1.54, 1.807) is 6.92 Å². The third-order valence-corrected chi connectivity index (χ3v) is 4.76. The van der Waals surface area contributed by atoms with E-state index in [2.05, 4.69) is 10.4 Å². The van der Waals surface area contributed by atoms with Gasteiger partial charge in [0, 0.05) is 11.3 Å². The molecule has 1 saturated heterocycles. The Balaban J connectivity index is 1.80. The minimum absolute atomic E-state index is 0.322. The number of nitrogen functional groups attached to an aromatic ring is 1. The number of nitrogens with one attached hydrogen (secondary N) is 1. The van der Waals surface area contributed by atoms with Gasteiger partial charge in [0.25, 0.3) is 0 Å². The number of anilines is 3. The van der Waals surface area contributed by atoms with Crippen LogP contribution in [0.4, 0.5) is 17.2 Å². The Morgan fingerprint density at radius 1 is 1.00 bits per heavy atom. The Labute approximate surface area is 157 Å². The first-order valence-electron chi connectivity index (χ1n) is 8.83. The lowest BCUT2D eigenvalue weighted by atomic mass is 10.1. The van der Waals surface area contributed by atoms with Crippen LogP contribution in [0.15, 0.2) is 60.7 Å². The second kappa shape index (κ2) is 7.03. The van der Waals surface area contributed by atoms with Crippen LogP contribution in [0, 0.1) is 0 Å². The predicted molar refractivity (Wildman–Crippen MR) is 103 cm³/mol. The molecule has 1 aliphatic rings. The van der Waals surface area contributed by atoms with Gasteiger partial charge < -0.3 is 26.0 Å². The van der Waals surface area contributed by atoms with Crippen LogP contribution in [0.25, 0.3) is 11.3 Å². The molecule has 7 heteroatoms. The zero-order valence-electron chi connectivity index (χ0n) is 14.9. The molecule has 7 nitrogen and oxygen atoms in total. The molecule has 0 amide bonds. The van der Waals surface area contributed by atoms with Crippen molar-refractivity contribution in [2.24, 2.45) is 0 Å². The highest BCUT2D eigenvalue weighted by atomic mass is 16.6. The maximum Gasteiger partial charge on any atom is 0.181 e. The number of aliphatic hydroxyl groups excluding tert-OH is 2. The molecule has 4 atom stereocenters. The van der Waals surface area contributed by atoms with Crippen molar-refractivity contribution in [1.82, 2.24) is 9.78 Å². The van der Waals surface area contributed by atoms with Gasteiger partial charge in [-0.15, -0.1) is 0 Å². The summed E-state index contributed by atoms with van der Waals surface area (Å²) in [5, 5.41) is 28.3. The van der Waals surface area contributed by atoms with Crippen molar-refractivity contribution in [1.29, 1.82) is 0 Å². The van der Waals surface area contributed by atoms with E-state index < -0.39 is 24.5 Å². The second-order valence-electron chi connectivity index (χ2n) is 6.62. The second-order valence-corrected chi connectivity index (χ2v) is 6.62. The monoisotopic (exact) mass is 366 g/mol. The number of rotatable bonds is 4. The largest absolute Gasteiger partial charge is 0.388 e. The van der Waals surface area contributed by atoms with Gasteiger partial charge in [0.2, 0.25) is 0 Å². The summed E-state index contributed by atoms with van der Waals surface area (Å²) in [6.45, 7) is 1.70. The first kappa shape index (κ1) is 17.5. The van der Waals surface area contributed by atoms with Crippen LogP contribution < -0.4 is 11.1 Å². The third-order valence-electron chi connectivity index (χ3n) is 4.76. The summed E-state index contributed by atoms with van der Waals surface area (Å²) in [7, 11) is 0. The van der Waals surface area contributed by atoms with Crippen molar-refractivity contribution < 1.29 is 14.9 Å². The van der Waals surface area contributed by atoms with E-state index >= 15 is 0 Å². The van der Waals surface area contributed by atoms with Gasteiger partial charge in [0.05, 0.1) is 6.10 Å². The van der Waals surface area contributed by atoms with Crippen molar-refractivity contribution in [3.63, 3.8) is 0 Å². The van der Waals surface area contributed by atoms with Crippen LogP contribution >= 0.6 is 0 Å². The average Bonchev–Trinajstić information content (AvgIpc) is 3.15. The van der Waals surface area contributed by atoms with Crippen molar-refractivity contribution in [2.75, 3.05) is 11.1 Å². The van der Waals surface area contributed by atoms with Crippen LogP contribution in [-0.4, -0.2) is 38.3 Å². The Hall–Kier alpha value is -2.87.